The first kappa shape index (κ1) is 18.3. The second-order valence-electron chi connectivity index (χ2n) is 9.56. The summed E-state index contributed by atoms with van der Waals surface area (Å²) in [5, 5.41) is 31.7. The van der Waals surface area contributed by atoms with Gasteiger partial charge in [0.25, 0.3) is 0 Å². The lowest BCUT2D eigenvalue weighted by Crippen LogP contribution is -2.62. The molecule has 0 unspecified atom stereocenters. The summed E-state index contributed by atoms with van der Waals surface area (Å²) in [6, 6.07) is 0. The SMILES string of the molecule is C[C@]12CCC(=O)C=C1CC[C@H]1[C@H]2[C@@H](O)C[C@@]2(C)[C@@H]1CC[C@]2(O)C(=O)CO. The number of allylic oxidation sites excluding steroid dienone is 1. The summed E-state index contributed by atoms with van der Waals surface area (Å²) in [6.07, 6.45) is 5.74. The predicted molar refractivity (Wildman–Crippen MR) is 95.1 cm³/mol. The van der Waals surface area contributed by atoms with Crippen molar-refractivity contribution in [2.45, 2.75) is 70.5 Å². The summed E-state index contributed by atoms with van der Waals surface area (Å²) in [5.41, 5.74) is -1.23. The molecule has 5 heteroatoms. The van der Waals surface area contributed by atoms with E-state index >= 15 is 0 Å². The zero-order valence-corrected chi connectivity index (χ0v) is 15.7. The zero-order chi connectivity index (χ0) is 18.9. The average Bonchev–Trinajstić information content (AvgIpc) is 2.86. The Bertz CT molecular complexity index is 684. The van der Waals surface area contributed by atoms with Crippen molar-refractivity contribution in [2.24, 2.45) is 28.6 Å². The Morgan fingerprint density at radius 1 is 1.23 bits per heavy atom. The minimum atomic E-state index is -1.54. The molecule has 4 aliphatic rings. The molecule has 0 saturated heterocycles. The van der Waals surface area contributed by atoms with Gasteiger partial charge < -0.3 is 15.3 Å². The minimum absolute atomic E-state index is 0.0697. The molecule has 0 amide bonds. The molecule has 0 radical (unpaired) electrons. The third-order valence-corrected chi connectivity index (χ3v) is 8.65. The first-order valence-electron chi connectivity index (χ1n) is 9.96. The molecule has 4 rings (SSSR count). The standard InChI is InChI=1S/C21H30O5/c1-19-7-5-13(23)9-12(19)3-4-14-15-6-8-21(26,17(25)11-22)20(15,2)10-16(24)18(14)19/h9,14-16,18,22,24,26H,3-8,10-11H2,1-2H3/t14-,15-,16+,18+,19+,20+,21+/m1/s1. The third-order valence-electron chi connectivity index (χ3n) is 8.65. The predicted octanol–water partition coefficient (Wildman–Crippen LogP) is 1.78. The molecular weight excluding hydrogens is 332 g/mol. The number of carbonyl (C=O) groups excluding carboxylic acids is 2. The second-order valence-corrected chi connectivity index (χ2v) is 9.56. The number of carbonyl (C=O) groups is 2. The lowest BCUT2D eigenvalue weighted by molar-refractivity contribution is -0.182. The molecule has 26 heavy (non-hydrogen) atoms. The van der Waals surface area contributed by atoms with E-state index in [2.05, 4.69) is 6.92 Å². The molecule has 0 spiro atoms. The summed E-state index contributed by atoms with van der Waals surface area (Å²) >= 11 is 0. The molecule has 0 aromatic rings. The fraction of sp³-hybridized carbons (Fsp3) is 0.810. The van der Waals surface area contributed by atoms with Crippen LogP contribution in [0, 0.1) is 28.6 Å². The monoisotopic (exact) mass is 362 g/mol. The Morgan fingerprint density at radius 3 is 2.65 bits per heavy atom. The van der Waals surface area contributed by atoms with Crippen LogP contribution in [-0.2, 0) is 9.59 Å². The van der Waals surface area contributed by atoms with Gasteiger partial charge >= 0.3 is 0 Å². The van der Waals surface area contributed by atoms with Crippen molar-refractivity contribution in [1.82, 2.24) is 0 Å². The van der Waals surface area contributed by atoms with E-state index in [1.54, 1.807) is 6.08 Å². The molecule has 0 bridgehead atoms. The summed E-state index contributed by atoms with van der Waals surface area (Å²) < 4.78 is 0. The van der Waals surface area contributed by atoms with E-state index in [1.807, 2.05) is 6.92 Å². The smallest absolute Gasteiger partial charge is 0.190 e. The van der Waals surface area contributed by atoms with E-state index in [-0.39, 0.29) is 29.0 Å². The van der Waals surface area contributed by atoms with Gasteiger partial charge in [-0.1, -0.05) is 19.4 Å². The second kappa shape index (κ2) is 5.73. The van der Waals surface area contributed by atoms with Gasteiger partial charge in [-0.25, -0.2) is 0 Å². The number of aliphatic hydroxyl groups excluding tert-OH is 2. The highest BCUT2D eigenvalue weighted by atomic mass is 16.3. The molecule has 3 saturated carbocycles. The van der Waals surface area contributed by atoms with Crippen molar-refractivity contribution in [2.75, 3.05) is 6.61 Å². The Hall–Kier alpha value is -1.04. The van der Waals surface area contributed by atoms with Crippen LogP contribution in [0.1, 0.15) is 58.8 Å². The number of hydrogen-bond donors (Lipinski definition) is 3. The number of ketones is 2. The number of aliphatic hydroxyl groups is 3. The highest BCUT2D eigenvalue weighted by Gasteiger charge is 2.68. The van der Waals surface area contributed by atoms with Crippen molar-refractivity contribution in [3.8, 4) is 0 Å². The van der Waals surface area contributed by atoms with Crippen molar-refractivity contribution < 1.29 is 24.9 Å². The van der Waals surface area contributed by atoms with E-state index < -0.39 is 29.5 Å². The van der Waals surface area contributed by atoms with Crippen LogP contribution >= 0.6 is 0 Å². The third kappa shape index (κ3) is 2.14. The first-order chi connectivity index (χ1) is 12.2. The van der Waals surface area contributed by atoms with E-state index in [1.165, 1.54) is 5.57 Å². The average molecular weight is 362 g/mol. The van der Waals surface area contributed by atoms with Gasteiger partial charge in [-0.05, 0) is 67.8 Å². The highest BCUT2D eigenvalue weighted by Crippen LogP contribution is 2.67. The van der Waals surface area contributed by atoms with Crippen molar-refractivity contribution >= 4 is 11.6 Å². The van der Waals surface area contributed by atoms with Crippen LogP contribution in [0.3, 0.4) is 0 Å². The molecular formula is C21H30O5. The highest BCUT2D eigenvalue weighted by molar-refractivity contribution is 5.91. The number of rotatable bonds is 2. The molecule has 7 atom stereocenters. The quantitative estimate of drug-likeness (QED) is 0.696. The van der Waals surface area contributed by atoms with Crippen LogP contribution in [0.4, 0.5) is 0 Å². The topological polar surface area (TPSA) is 94.8 Å². The summed E-state index contributed by atoms with van der Waals surface area (Å²) in [6.45, 7) is 3.46. The van der Waals surface area contributed by atoms with Crippen LogP contribution < -0.4 is 0 Å². The molecule has 0 aromatic heterocycles. The molecule has 4 aliphatic carbocycles. The fourth-order valence-corrected chi connectivity index (χ4v) is 7.28. The van der Waals surface area contributed by atoms with Crippen LogP contribution in [-0.4, -0.2) is 45.2 Å². The number of hydrogen-bond acceptors (Lipinski definition) is 5. The molecule has 3 N–H and O–H groups in total. The number of Topliss-reactive ketones (excluding diaryl/α,β-unsaturated/α-hetero) is 1. The molecule has 144 valence electrons. The maximum atomic E-state index is 12.4. The minimum Gasteiger partial charge on any atom is -0.393 e. The molecule has 0 heterocycles. The Morgan fingerprint density at radius 2 is 1.96 bits per heavy atom. The van der Waals surface area contributed by atoms with Gasteiger partial charge in [-0.15, -0.1) is 0 Å². The summed E-state index contributed by atoms with van der Waals surface area (Å²) in [4.78, 5) is 24.3. The van der Waals surface area contributed by atoms with Gasteiger partial charge in [0.2, 0.25) is 0 Å². The Balaban J connectivity index is 1.74. The van der Waals surface area contributed by atoms with Crippen molar-refractivity contribution in [3.63, 3.8) is 0 Å². The Labute approximate surface area is 154 Å². The molecule has 0 aromatic carbocycles. The summed E-state index contributed by atoms with van der Waals surface area (Å²) in [7, 11) is 0. The van der Waals surface area contributed by atoms with E-state index in [4.69, 9.17) is 0 Å². The molecule has 5 nitrogen and oxygen atoms in total. The fourth-order valence-electron chi connectivity index (χ4n) is 7.28. The lowest BCUT2D eigenvalue weighted by atomic mass is 9.45. The maximum absolute atomic E-state index is 12.4. The van der Waals surface area contributed by atoms with E-state index in [0.717, 1.165) is 25.7 Å². The van der Waals surface area contributed by atoms with E-state index in [0.29, 0.717) is 19.3 Å². The van der Waals surface area contributed by atoms with Crippen LogP contribution in [0.5, 0.6) is 0 Å². The summed E-state index contributed by atoms with van der Waals surface area (Å²) in [5.74, 6) is 0.140. The largest absolute Gasteiger partial charge is 0.393 e. The van der Waals surface area contributed by atoms with Crippen LogP contribution in [0.15, 0.2) is 11.6 Å². The zero-order valence-electron chi connectivity index (χ0n) is 15.7. The van der Waals surface area contributed by atoms with Gasteiger partial charge in [0, 0.05) is 11.8 Å². The van der Waals surface area contributed by atoms with Gasteiger partial charge in [0.1, 0.15) is 12.2 Å². The molecule has 3 fully saturated rings. The lowest BCUT2D eigenvalue weighted by Gasteiger charge is -2.60. The van der Waals surface area contributed by atoms with Gasteiger partial charge in [0.15, 0.2) is 11.6 Å². The number of fused-ring (bicyclic) bond motifs is 5. The first-order valence-corrected chi connectivity index (χ1v) is 9.96. The van der Waals surface area contributed by atoms with Gasteiger partial charge in [-0.2, -0.15) is 0 Å². The van der Waals surface area contributed by atoms with Crippen LogP contribution in [0.25, 0.3) is 0 Å². The maximum Gasteiger partial charge on any atom is 0.190 e. The molecule has 0 aliphatic heterocycles. The van der Waals surface area contributed by atoms with Crippen molar-refractivity contribution in [3.05, 3.63) is 11.6 Å². The van der Waals surface area contributed by atoms with Crippen LogP contribution in [0.2, 0.25) is 0 Å². The van der Waals surface area contributed by atoms with E-state index in [9.17, 15) is 24.9 Å². The van der Waals surface area contributed by atoms with Gasteiger partial charge in [0.05, 0.1) is 6.10 Å². The van der Waals surface area contributed by atoms with Gasteiger partial charge in [-0.3, -0.25) is 9.59 Å². The van der Waals surface area contributed by atoms with Crippen molar-refractivity contribution in [1.29, 1.82) is 0 Å². The normalized spacial score (nSPS) is 50.5. The Kier molecular flexibility index (Phi) is 4.04.